The standard InChI is InChI=1S/C26H37N5O3S/c1-19(2)29-35(33,34)25-11-9-22(10-12-25)28-26(32)20(3)27-23-5-4-6-24(17-23)31-15-13-30(14-16-31)18-21-7-8-21/h4-6,9-12,17,19-21,27,29H,7-8,13-16,18H2,1-3H3,(H,28,32). The van der Waals surface area contributed by atoms with E-state index in [-0.39, 0.29) is 16.8 Å². The Morgan fingerprint density at radius 3 is 2.29 bits per heavy atom. The van der Waals surface area contributed by atoms with Gasteiger partial charge in [0.25, 0.3) is 0 Å². The third-order valence-corrected chi connectivity index (χ3v) is 8.07. The Morgan fingerprint density at radius 2 is 1.66 bits per heavy atom. The van der Waals surface area contributed by atoms with Crippen LogP contribution in [-0.2, 0) is 14.8 Å². The number of carbonyl (C=O) groups is 1. The summed E-state index contributed by atoms with van der Waals surface area (Å²) in [6, 6.07) is 13.7. The number of hydrogen-bond donors (Lipinski definition) is 3. The van der Waals surface area contributed by atoms with Crippen molar-refractivity contribution in [2.45, 2.75) is 50.6 Å². The zero-order valence-corrected chi connectivity index (χ0v) is 21.6. The topological polar surface area (TPSA) is 93.8 Å². The number of amides is 1. The molecule has 1 aliphatic heterocycles. The number of sulfonamides is 1. The molecule has 2 aliphatic rings. The maximum absolute atomic E-state index is 12.7. The van der Waals surface area contributed by atoms with Gasteiger partial charge in [-0.15, -0.1) is 0 Å². The van der Waals surface area contributed by atoms with Crippen LogP contribution in [-0.4, -0.2) is 64.0 Å². The zero-order valence-electron chi connectivity index (χ0n) is 20.8. The second-order valence-corrected chi connectivity index (χ2v) is 11.7. The average molecular weight is 500 g/mol. The van der Waals surface area contributed by atoms with Crippen LogP contribution < -0.4 is 20.3 Å². The van der Waals surface area contributed by atoms with Gasteiger partial charge in [0.15, 0.2) is 0 Å². The van der Waals surface area contributed by atoms with Crippen LogP contribution >= 0.6 is 0 Å². The number of anilines is 3. The molecular formula is C26H37N5O3S. The van der Waals surface area contributed by atoms with Crippen molar-refractivity contribution in [1.29, 1.82) is 0 Å². The summed E-state index contributed by atoms with van der Waals surface area (Å²) in [6.45, 7) is 10.8. The smallest absolute Gasteiger partial charge is 0.246 e. The Hall–Kier alpha value is -2.62. The van der Waals surface area contributed by atoms with E-state index in [1.807, 2.05) is 19.1 Å². The Bertz CT molecular complexity index is 1110. The first-order valence-corrected chi connectivity index (χ1v) is 13.9. The lowest BCUT2D eigenvalue weighted by Gasteiger charge is -2.36. The van der Waals surface area contributed by atoms with Crippen molar-refractivity contribution in [3.63, 3.8) is 0 Å². The van der Waals surface area contributed by atoms with Crippen LogP contribution in [0.3, 0.4) is 0 Å². The van der Waals surface area contributed by atoms with E-state index in [1.54, 1.807) is 26.0 Å². The Kier molecular flexibility index (Phi) is 7.98. The molecule has 1 saturated heterocycles. The van der Waals surface area contributed by atoms with Crippen molar-refractivity contribution in [3.8, 4) is 0 Å². The van der Waals surface area contributed by atoms with Gasteiger partial charge in [0.05, 0.1) is 4.90 Å². The largest absolute Gasteiger partial charge is 0.374 e. The minimum Gasteiger partial charge on any atom is -0.374 e. The molecule has 3 N–H and O–H groups in total. The molecule has 1 heterocycles. The van der Waals surface area contributed by atoms with Crippen LogP contribution in [0.5, 0.6) is 0 Å². The van der Waals surface area contributed by atoms with Crippen molar-refractivity contribution in [2.75, 3.05) is 48.3 Å². The molecule has 35 heavy (non-hydrogen) atoms. The summed E-state index contributed by atoms with van der Waals surface area (Å²) in [6.07, 6.45) is 2.78. The van der Waals surface area contributed by atoms with Gasteiger partial charge in [-0.25, -0.2) is 13.1 Å². The van der Waals surface area contributed by atoms with Gasteiger partial charge < -0.3 is 15.5 Å². The summed E-state index contributed by atoms with van der Waals surface area (Å²) >= 11 is 0. The first-order chi connectivity index (χ1) is 16.7. The lowest BCUT2D eigenvalue weighted by Crippen LogP contribution is -2.47. The SMILES string of the molecule is CC(C)NS(=O)(=O)c1ccc(NC(=O)C(C)Nc2cccc(N3CCN(CC4CC4)CC3)c2)cc1. The van der Waals surface area contributed by atoms with Gasteiger partial charge >= 0.3 is 0 Å². The summed E-state index contributed by atoms with van der Waals surface area (Å²) in [5, 5.41) is 6.14. The van der Waals surface area contributed by atoms with Crippen molar-refractivity contribution in [3.05, 3.63) is 48.5 Å². The van der Waals surface area contributed by atoms with Crippen molar-refractivity contribution in [1.82, 2.24) is 9.62 Å². The summed E-state index contributed by atoms with van der Waals surface area (Å²) in [5.41, 5.74) is 2.61. The molecule has 0 radical (unpaired) electrons. The predicted octanol–water partition coefficient (Wildman–Crippen LogP) is 3.34. The van der Waals surface area contributed by atoms with Gasteiger partial charge in [-0.1, -0.05) is 6.07 Å². The monoisotopic (exact) mass is 499 g/mol. The van der Waals surface area contributed by atoms with E-state index in [0.29, 0.717) is 5.69 Å². The van der Waals surface area contributed by atoms with Gasteiger partial charge in [0, 0.05) is 55.8 Å². The van der Waals surface area contributed by atoms with E-state index in [2.05, 4.69) is 37.3 Å². The molecule has 1 aliphatic carbocycles. The molecule has 1 amide bonds. The van der Waals surface area contributed by atoms with Crippen molar-refractivity contribution < 1.29 is 13.2 Å². The van der Waals surface area contributed by atoms with Crippen LogP contribution in [0.1, 0.15) is 33.6 Å². The summed E-state index contributed by atoms with van der Waals surface area (Å²) in [5.74, 6) is 0.731. The molecule has 2 aromatic rings. The number of hydrogen-bond acceptors (Lipinski definition) is 6. The van der Waals surface area contributed by atoms with Gasteiger partial charge in [-0.2, -0.15) is 0 Å². The molecule has 1 atom stereocenters. The van der Waals surface area contributed by atoms with E-state index in [0.717, 1.165) is 37.8 Å². The van der Waals surface area contributed by atoms with Crippen LogP contribution in [0.15, 0.2) is 53.4 Å². The maximum Gasteiger partial charge on any atom is 0.246 e. The Labute approximate surface area is 209 Å². The average Bonchev–Trinajstić information content (AvgIpc) is 3.63. The minimum atomic E-state index is -3.56. The van der Waals surface area contributed by atoms with E-state index >= 15 is 0 Å². The number of benzene rings is 2. The van der Waals surface area contributed by atoms with Crippen LogP contribution in [0, 0.1) is 5.92 Å². The molecule has 1 saturated carbocycles. The van der Waals surface area contributed by atoms with E-state index in [4.69, 9.17) is 0 Å². The molecule has 9 heteroatoms. The highest BCUT2D eigenvalue weighted by molar-refractivity contribution is 7.89. The fourth-order valence-electron chi connectivity index (χ4n) is 4.31. The Morgan fingerprint density at radius 1 is 0.971 bits per heavy atom. The molecule has 2 fully saturated rings. The molecule has 0 bridgehead atoms. The molecule has 4 rings (SSSR count). The first kappa shape index (κ1) is 25.5. The molecular weight excluding hydrogens is 462 g/mol. The van der Waals surface area contributed by atoms with Crippen LogP contribution in [0.25, 0.3) is 0 Å². The van der Waals surface area contributed by atoms with E-state index in [9.17, 15) is 13.2 Å². The summed E-state index contributed by atoms with van der Waals surface area (Å²) in [7, 11) is -3.56. The first-order valence-electron chi connectivity index (χ1n) is 12.5. The fraction of sp³-hybridized carbons (Fsp3) is 0.500. The molecule has 0 aromatic heterocycles. The number of nitrogens with zero attached hydrogens (tertiary/aromatic N) is 2. The minimum absolute atomic E-state index is 0.167. The van der Waals surface area contributed by atoms with Crippen molar-refractivity contribution in [2.24, 2.45) is 5.92 Å². The fourth-order valence-corrected chi connectivity index (χ4v) is 5.56. The van der Waals surface area contributed by atoms with E-state index < -0.39 is 16.1 Å². The summed E-state index contributed by atoms with van der Waals surface area (Å²) < 4.78 is 27.1. The van der Waals surface area contributed by atoms with Crippen molar-refractivity contribution >= 4 is 33.0 Å². The maximum atomic E-state index is 12.7. The highest BCUT2D eigenvalue weighted by atomic mass is 32.2. The number of rotatable bonds is 10. The van der Waals surface area contributed by atoms with Gasteiger partial charge in [0.1, 0.15) is 6.04 Å². The highest BCUT2D eigenvalue weighted by Gasteiger charge is 2.26. The zero-order chi connectivity index (χ0) is 25.0. The molecule has 2 aromatic carbocycles. The second-order valence-electron chi connectivity index (χ2n) is 9.94. The normalized spacial score (nSPS) is 17.9. The third-order valence-electron chi connectivity index (χ3n) is 6.40. The number of piperazine rings is 1. The number of carbonyl (C=O) groups excluding carboxylic acids is 1. The lowest BCUT2D eigenvalue weighted by atomic mass is 10.2. The molecule has 0 spiro atoms. The molecule has 8 nitrogen and oxygen atoms in total. The quantitative estimate of drug-likeness (QED) is 0.464. The molecule has 190 valence electrons. The van der Waals surface area contributed by atoms with Crippen LogP contribution in [0.2, 0.25) is 0 Å². The summed E-state index contributed by atoms with van der Waals surface area (Å²) in [4.78, 5) is 17.9. The Balaban J connectivity index is 1.30. The molecule has 1 unspecified atom stereocenters. The highest BCUT2D eigenvalue weighted by Crippen LogP contribution is 2.30. The van der Waals surface area contributed by atoms with E-state index in [1.165, 1.54) is 37.2 Å². The third kappa shape index (κ3) is 7.19. The van der Waals surface area contributed by atoms with Gasteiger partial charge in [-0.05, 0) is 82.0 Å². The van der Waals surface area contributed by atoms with Crippen LogP contribution in [0.4, 0.5) is 17.1 Å². The number of nitrogens with one attached hydrogen (secondary N) is 3. The van der Waals surface area contributed by atoms with Gasteiger partial charge in [0.2, 0.25) is 15.9 Å². The second kappa shape index (κ2) is 11.0. The predicted molar refractivity (Wildman–Crippen MR) is 141 cm³/mol. The lowest BCUT2D eigenvalue weighted by molar-refractivity contribution is -0.116. The van der Waals surface area contributed by atoms with Gasteiger partial charge in [-0.3, -0.25) is 9.69 Å².